The number of hydrogen-bond acceptors (Lipinski definition) is 5. The summed E-state index contributed by atoms with van der Waals surface area (Å²) in [6.07, 6.45) is -3.50. The molecule has 0 aliphatic rings. The summed E-state index contributed by atoms with van der Waals surface area (Å²) in [5.74, 6) is 0.274. The van der Waals surface area contributed by atoms with Crippen LogP contribution >= 0.6 is 23.2 Å². The van der Waals surface area contributed by atoms with E-state index in [4.69, 9.17) is 28.9 Å². The maximum absolute atomic E-state index is 13.4. The van der Waals surface area contributed by atoms with Crippen LogP contribution in [0, 0.1) is 0 Å². The Kier molecular flexibility index (Phi) is 6.78. The number of alkyl halides is 3. The molecule has 0 fully saturated rings. The molecular weight excluding hydrogens is 454 g/mol. The van der Waals surface area contributed by atoms with Gasteiger partial charge in [0, 0.05) is 17.5 Å². The maximum Gasteiger partial charge on any atom is 0.417 e. The highest BCUT2D eigenvalue weighted by molar-refractivity contribution is 7.84. The van der Waals surface area contributed by atoms with Crippen LogP contribution in [0.4, 0.5) is 30.8 Å². The standard InChI is InChI=1S/C16H12Cl2F3N5OS.H2O/c1-28(27)12-3-2-7(4-9(12)16(19,20)21)13-10(17)5-8(6-11(13)18)23-15-24-14(22)25-26-15;/h2-6H,1H3,(H4,22,23,24,25,26);1H2. The molecule has 1 unspecified atom stereocenters. The first-order valence-corrected chi connectivity index (χ1v) is 9.86. The van der Waals surface area contributed by atoms with E-state index in [2.05, 4.69) is 20.5 Å². The lowest BCUT2D eigenvalue weighted by Crippen LogP contribution is -2.10. The molecule has 6 N–H and O–H groups in total. The molecule has 0 saturated carbocycles. The Bertz CT molecular complexity index is 1050. The van der Waals surface area contributed by atoms with Crippen LogP contribution in [-0.2, 0) is 17.0 Å². The third-order valence-electron chi connectivity index (χ3n) is 3.68. The first kappa shape index (κ1) is 22.9. The minimum Gasteiger partial charge on any atom is -0.412 e. The molecule has 1 atom stereocenters. The lowest BCUT2D eigenvalue weighted by atomic mass is 10.0. The Morgan fingerprint density at radius 2 is 1.79 bits per heavy atom. The molecule has 2 aromatic carbocycles. The number of nitrogen functional groups attached to an aromatic ring is 1. The molecule has 0 saturated heterocycles. The number of nitrogens with zero attached hydrogens (tertiary/aromatic N) is 2. The lowest BCUT2D eigenvalue weighted by Gasteiger charge is -2.15. The fourth-order valence-electron chi connectivity index (χ4n) is 2.54. The van der Waals surface area contributed by atoms with E-state index in [0.717, 1.165) is 12.1 Å². The number of nitrogens with one attached hydrogen (secondary N) is 2. The molecule has 1 aromatic heterocycles. The van der Waals surface area contributed by atoms with E-state index in [1.165, 1.54) is 24.5 Å². The summed E-state index contributed by atoms with van der Waals surface area (Å²) in [5, 5.41) is 9.29. The molecule has 0 radical (unpaired) electrons. The molecule has 0 spiro atoms. The number of benzene rings is 2. The van der Waals surface area contributed by atoms with E-state index >= 15 is 0 Å². The molecule has 0 aliphatic heterocycles. The van der Waals surface area contributed by atoms with Gasteiger partial charge in [-0.3, -0.25) is 4.21 Å². The van der Waals surface area contributed by atoms with Crippen LogP contribution in [0.5, 0.6) is 0 Å². The zero-order chi connectivity index (χ0) is 20.6. The summed E-state index contributed by atoms with van der Waals surface area (Å²) < 4.78 is 51.8. The van der Waals surface area contributed by atoms with Gasteiger partial charge in [0.15, 0.2) is 0 Å². The molecule has 3 rings (SSSR count). The number of rotatable bonds is 4. The van der Waals surface area contributed by atoms with E-state index in [1.807, 2.05) is 0 Å². The van der Waals surface area contributed by atoms with Crippen LogP contribution < -0.4 is 11.1 Å². The summed E-state index contributed by atoms with van der Waals surface area (Å²) in [7, 11) is -1.81. The van der Waals surface area contributed by atoms with Crippen molar-refractivity contribution in [2.24, 2.45) is 0 Å². The van der Waals surface area contributed by atoms with Crippen LogP contribution in [0.2, 0.25) is 10.0 Å². The summed E-state index contributed by atoms with van der Waals surface area (Å²) in [4.78, 5) is 3.55. The Labute approximate surface area is 175 Å². The number of aromatic amines is 1. The van der Waals surface area contributed by atoms with E-state index < -0.39 is 22.5 Å². The van der Waals surface area contributed by atoms with E-state index in [0.29, 0.717) is 5.69 Å². The topological polar surface area (TPSA) is 128 Å². The molecule has 0 aliphatic carbocycles. The number of anilines is 3. The molecule has 0 bridgehead atoms. The minimum atomic E-state index is -4.68. The van der Waals surface area contributed by atoms with Crippen LogP contribution in [0.25, 0.3) is 11.1 Å². The van der Waals surface area contributed by atoms with Crippen molar-refractivity contribution in [2.75, 3.05) is 17.3 Å². The van der Waals surface area contributed by atoms with Crippen LogP contribution in [0.15, 0.2) is 35.2 Å². The fourth-order valence-corrected chi connectivity index (χ4v) is 3.99. The first-order valence-electron chi connectivity index (χ1n) is 7.55. The average molecular weight is 468 g/mol. The third-order valence-corrected chi connectivity index (χ3v) is 5.26. The van der Waals surface area contributed by atoms with Crippen LogP contribution in [-0.4, -0.2) is 31.1 Å². The van der Waals surface area contributed by atoms with Crippen molar-refractivity contribution in [2.45, 2.75) is 11.1 Å². The van der Waals surface area contributed by atoms with Crippen LogP contribution in [0.1, 0.15) is 5.56 Å². The van der Waals surface area contributed by atoms with Crippen molar-refractivity contribution in [3.05, 3.63) is 45.9 Å². The van der Waals surface area contributed by atoms with Crippen LogP contribution in [0.3, 0.4) is 0 Å². The van der Waals surface area contributed by atoms with Crippen molar-refractivity contribution >= 4 is 51.6 Å². The quantitative estimate of drug-likeness (QED) is 0.533. The molecule has 156 valence electrons. The molecule has 29 heavy (non-hydrogen) atoms. The third kappa shape index (κ3) is 4.99. The summed E-state index contributed by atoms with van der Waals surface area (Å²) in [6.45, 7) is 0. The van der Waals surface area contributed by atoms with Gasteiger partial charge in [0.05, 0.1) is 31.3 Å². The predicted molar refractivity (Wildman–Crippen MR) is 107 cm³/mol. The number of hydrogen-bond donors (Lipinski definition) is 3. The number of H-pyrrole nitrogens is 1. The highest BCUT2D eigenvalue weighted by atomic mass is 35.5. The fraction of sp³-hybridized carbons (Fsp3) is 0.125. The zero-order valence-electron chi connectivity index (χ0n) is 14.6. The lowest BCUT2D eigenvalue weighted by molar-refractivity contribution is -0.139. The van der Waals surface area contributed by atoms with Gasteiger partial charge >= 0.3 is 6.18 Å². The predicted octanol–water partition coefficient (Wildman–Crippen LogP) is 4.04. The molecular formula is C16H14Cl2F3N5O2S. The zero-order valence-corrected chi connectivity index (χ0v) is 16.9. The Morgan fingerprint density at radius 3 is 2.28 bits per heavy atom. The summed E-state index contributed by atoms with van der Waals surface area (Å²) in [6, 6.07) is 6.36. The second-order valence-corrected chi connectivity index (χ2v) is 7.81. The molecule has 1 heterocycles. The highest BCUT2D eigenvalue weighted by Crippen LogP contribution is 2.41. The SMILES string of the molecule is CS(=O)c1ccc(-c2c(Cl)cc(Nc3n[nH]c(N)n3)cc2Cl)cc1C(F)(F)F.O. The van der Waals surface area contributed by atoms with E-state index in [1.54, 1.807) is 0 Å². The number of nitrogens with two attached hydrogens (primary N) is 1. The summed E-state index contributed by atoms with van der Waals surface area (Å²) in [5.41, 5.74) is 5.21. The van der Waals surface area contributed by atoms with Gasteiger partial charge < -0.3 is 16.5 Å². The van der Waals surface area contributed by atoms with Crippen molar-refractivity contribution in [1.82, 2.24) is 15.2 Å². The normalized spacial score (nSPS) is 12.3. The Hall–Kier alpha value is -2.34. The molecule has 3 aromatic rings. The second-order valence-electron chi connectivity index (χ2n) is 5.65. The van der Waals surface area contributed by atoms with Gasteiger partial charge in [0.2, 0.25) is 11.9 Å². The smallest absolute Gasteiger partial charge is 0.412 e. The van der Waals surface area contributed by atoms with Gasteiger partial charge in [-0.25, -0.2) is 5.10 Å². The van der Waals surface area contributed by atoms with Crippen molar-refractivity contribution < 1.29 is 22.9 Å². The van der Waals surface area contributed by atoms with Gasteiger partial charge in [-0.1, -0.05) is 29.3 Å². The first-order chi connectivity index (χ1) is 13.1. The largest absolute Gasteiger partial charge is 0.417 e. The second kappa shape index (κ2) is 8.57. The van der Waals surface area contributed by atoms with Gasteiger partial charge in [0.25, 0.3) is 0 Å². The Balaban J connectivity index is 0.00000300. The average Bonchev–Trinajstić information content (AvgIpc) is 2.98. The molecule has 0 amide bonds. The van der Waals surface area contributed by atoms with E-state index in [9.17, 15) is 17.4 Å². The van der Waals surface area contributed by atoms with Gasteiger partial charge in [0.1, 0.15) is 0 Å². The number of aromatic nitrogens is 3. The van der Waals surface area contributed by atoms with Crippen molar-refractivity contribution in [1.29, 1.82) is 0 Å². The molecule has 7 nitrogen and oxygen atoms in total. The molecule has 13 heteroatoms. The van der Waals surface area contributed by atoms with Crippen molar-refractivity contribution in [3.8, 4) is 11.1 Å². The van der Waals surface area contributed by atoms with E-state index in [-0.39, 0.29) is 43.4 Å². The highest BCUT2D eigenvalue weighted by Gasteiger charge is 2.35. The maximum atomic E-state index is 13.4. The van der Waals surface area contributed by atoms with Gasteiger partial charge in [-0.2, -0.15) is 18.2 Å². The monoisotopic (exact) mass is 467 g/mol. The Morgan fingerprint density at radius 1 is 1.17 bits per heavy atom. The van der Waals surface area contributed by atoms with Gasteiger partial charge in [-0.05, 0) is 29.8 Å². The van der Waals surface area contributed by atoms with Gasteiger partial charge in [-0.15, -0.1) is 5.10 Å². The summed E-state index contributed by atoms with van der Waals surface area (Å²) >= 11 is 12.5. The minimum absolute atomic E-state index is 0. The van der Waals surface area contributed by atoms with Crippen molar-refractivity contribution in [3.63, 3.8) is 0 Å². The number of halogens is 5.